The number of hydrogen-bond acceptors (Lipinski definition) is 5. The van der Waals surface area contributed by atoms with Gasteiger partial charge >= 0.3 is 6.29 Å². The number of anilines is 1. The molecule has 3 aromatic rings. The summed E-state index contributed by atoms with van der Waals surface area (Å²) in [6.45, 7) is 0. The van der Waals surface area contributed by atoms with Gasteiger partial charge in [-0.1, -0.05) is 11.6 Å². The van der Waals surface area contributed by atoms with E-state index in [0.717, 1.165) is 0 Å². The number of hydrogen-bond donors (Lipinski definition) is 1. The number of carbonyl (C=O) groups excluding carboxylic acids is 1. The third-order valence-corrected chi connectivity index (χ3v) is 4.11. The maximum atomic E-state index is 13.0. The van der Waals surface area contributed by atoms with E-state index in [0.29, 0.717) is 4.96 Å². The smallest absolute Gasteiger partial charge is 0.395 e. The van der Waals surface area contributed by atoms with Gasteiger partial charge < -0.3 is 14.8 Å². The minimum absolute atomic E-state index is 0.0571. The van der Waals surface area contributed by atoms with Crippen LogP contribution in [0.25, 0.3) is 4.96 Å². The molecule has 0 saturated heterocycles. The number of aromatic nitrogens is 2. The van der Waals surface area contributed by atoms with Gasteiger partial charge in [-0.05, 0) is 12.1 Å². The number of fused-ring (bicyclic) bond motifs is 2. The third-order valence-electron chi connectivity index (χ3n) is 3.09. The molecule has 1 aromatic carbocycles. The minimum Gasteiger partial charge on any atom is -0.395 e. The van der Waals surface area contributed by atoms with Crippen LogP contribution in [0.2, 0.25) is 5.15 Å². The van der Waals surface area contributed by atoms with Crippen LogP contribution in [0.4, 0.5) is 14.5 Å². The van der Waals surface area contributed by atoms with E-state index in [1.807, 2.05) is 0 Å². The van der Waals surface area contributed by atoms with Crippen LogP contribution in [0.5, 0.6) is 11.5 Å². The average Bonchev–Trinajstić information content (AvgIpc) is 3.08. The maximum absolute atomic E-state index is 13.0. The molecule has 0 saturated carbocycles. The fourth-order valence-corrected chi connectivity index (χ4v) is 3.20. The van der Waals surface area contributed by atoms with E-state index in [4.69, 9.17) is 11.6 Å². The zero-order chi connectivity index (χ0) is 16.2. The van der Waals surface area contributed by atoms with Crippen molar-refractivity contribution < 1.29 is 23.0 Å². The Labute approximate surface area is 136 Å². The fraction of sp³-hybridized carbons (Fsp3) is 0.0769. The first-order chi connectivity index (χ1) is 10.9. The molecular formula is C13H6ClF2N3O3S. The average molecular weight is 358 g/mol. The van der Waals surface area contributed by atoms with Crippen LogP contribution in [0.1, 0.15) is 10.5 Å². The van der Waals surface area contributed by atoms with Crippen molar-refractivity contribution in [1.29, 1.82) is 0 Å². The lowest BCUT2D eigenvalue weighted by atomic mass is 10.2. The summed E-state index contributed by atoms with van der Waals surface area (Å²) in [7, 11) is 0. The highest BCUT2D eigenvalue weighted by atomic mass is 35.5. The lowest BCUT2D eigenvalue weighted by Gasteiger charge is -2.05. The van der Waals surface area contributed by atoms with Crippen LogP contribution in [0.3, 0.4) is 0 Å². The molecule has 0 fully saturated rings. The second kappa shape index (κ2) is 4.80. The number of nitrogens with one attached hydrogen (secondary N) is 1. The van der Waals surface area contributed by atoms with Crippen LogP contribution >= 0.6 is 22.9 Å². The van der Waals surface area contributed by atoms with Crippen molar-refractivity contribution in [3.8, 4) is 11.5 Å². The van der Waals surface area contributed by atoms with Crippen molar-refractivity contribution in [1.82, 2.24) is 9.38 Å². The van der Waals surface area contributed by atoms with Gasteiger partial charge in [0, 0.05) is 23.3 Å². The van der Waals surface area contributed by atoms with Crippen LogP contribution in [-0.2, 0) is 0 Å². The van der Waals surface area contributed by atoms with Crippen LogP contribution < -0.4 is 14.8 Å². The van der Waals surface area contributed by atoms with Crippen molar-refractivity contribution in [3.05, 3.63) is 40.6 Å². The molecule has 10 heteroatoms. The summed E-state index contributed by atoms with van der Waals surface area (Å²) in [5.74, 6) is -0.782. The molecule has 0 bridgehead atoms. The minimum atomic E-state index is -3.71. The largest absolute Gasteiger partial charge is 0.586 e. The fourth-order valence-electron chi connectivity index (χ4n) is 2.18. The summed E-state index contributed by atoms with van der Waals surface area (Å²) >= 11 is 7.30. The Kier molecular flexibility index (Phi) is 2.97. The lowest BCUT2D eigenvalue weighted by molar-refractivity contribution is -0.286. The first-order valence-corrected chi connectivity index (χ1v) is 7.51. The second-order valence-electron chi connectivity index (χ2n) is 4.59. The van der Waals surface area contributed by atoms with Crippen molar-refractivity contribution in [2.24, 2.45) is 0 Å². The summed E-state index contributed by atoms with van der Waals surface area (Å²) in [5.41, 5.74) is 0.419. The van der Waals surface area contributed by atoms with E-state index >= 15 is 0 Å². The van der Waals surface area contributed by atoms with E-state index in [2.05, 4.69) is 19.8 Å². The molecule has 0 unspecified atom stereocenters. The summed E-state index contributed by atoms with van der Waals surface area (Å²) in [4.78, 5) is 17.0. The van der Waals surface area contributed by atoms with E-state index < -0.39 is 12.2 Å². The number of thiazole rings is 1. The standard InChI is InChI=1S/C13H6ClF2N3O3S/c14-10-9(19-3-4-23-12(19)18-10)11(20)17-6-1-2-7-8(5-6)22-13(15,16)21-7/h1-5H,(H,17,20). The number of imidazole rings is 1. The van der Waals surface area contributed by atoms with Crippen LogP contribution in [0, 0.1) is 0 Å². The predicted molar refractivity (Wildman–Crippen MR) is 78.7 cm³/mol. The zero-order valence-electron chi connectivity index (χ0n) is 11.0. The van der Waals surface area contributed by atoms with Crippen molar-refractivity contribution in [2.75, 3.05) is 5.32 Å². The topological polar surface area (TPSA) is 64.9 Å². The van der Waals surface area contributed by atoms with E-state index in [9.17, 15) is 13.6 Å². The third kappa shape index (κ3) is 2.37. The molecular weight excluding hydrogens is 352 g/mol. The van der Waals surface area contributed by atoms with E-state index in [1.54, 1.807) is 16.0 Å². The molecule has 4 rings (SSSR count). The Hall–Kier alpha value is -2.39. The number of carbonyl (C=O) groups is 1. The van der Waals surface area contributed by atoms with Crippen molar-refractivity contribution in [3.63, 3.8) is 0 Å². The molecule has 1 aliphatic heterocycles. The number of alkyl halides is 2. The number of nitrogens with zero attached hydrogens (tertiary/aromatic N) is 2. The molecule has 2 aromatic heterocycles. The number of halogens is 3. The Morgan fingerprint density at radius 1 is 1.35 bits per heavy atom. The highest BCUT2D eigenvalue weighted by Crippen LogP contribution is 2.42. The van der Waals surface area contributed by atoms with Crippen LogP contribution in [0.15, 0.2) is 29.8 Å². The molecule has 23 heavy (non-hydrogen) atoms. The summed E-state index contributed by atoms with van der Waals surface area (Å²) in [6.07, 6.45) is -2.05. The molecule has 0 spiro atoms. The van der Waals surface area contributed by atoms with E-state index in [-0.39, 0.29) is 28.0 Å². The Balaban J connectivity index is 1.63. The molecule has 1 N–H and O–H groups in total. The van der Waals surface area contributed by atoms with Gasteiger partial charge in [-0.15, -0.1) is 20.1 Å². The molecule has 0 radical (unpaired) electrons. The van der Waals surface area contributed by atoms with Gasteiger partial charge in [0.2, 0.25) is 0 Å². The molecule has 3 heterocycles. The summed E-state index contributed by atoms with van der Waals surface area (Å²) in [6, 6.07) is 3.94. The van der Waals surface area contributed by atoms with Gasteiger partial charge in [-0.2, -0.15) is 0 Å². The maximum Gasteiger partial charge on any atom is 0.586 e. The van der Waals surface area contributed by atoms with Gasteiger partial charge in [0.1, 0.15) is 0 Å². The highest BCUT2D eigenvalue weighted by Gasteiger charge is 2.43. The quantitative estimate of drug-likeness (QED) is 0.760. The number of benzene rings is 1. The molecule has 1 aliphatic rings. The monoisotopic (exact) mass is 357 g/mol. The van der Waals surface area contributed by atoms with Gasteiger partial charge in [0.25, 0.3) is 5.91 Å². The Morgan fingerprint density at radius 3 is 2.96 bits per heavy atom. The number of rotatable bonds is 2. The van der Waals surface area contributed by atoms with Gasteiger partial charge in [0.05, 0.1) is 0 Å². The second-order valence-corrected chi connectivity index (χ2v) is 5.82. The molecule has 1 amide bonds. The number of amides is 1. The molecule has 0 aliphatic carbocycles. The highest BCUT2D eigenvalue weighted by molar-refractivity contribution is 7.15. The molecule has 6 nitrogen and oxygen atoms in total. The zero-order valence-corrected chi connectivity index (χ0v) is 12.6. The lowest BCUT2D eigenvalue weighted by Crippen LogP contribution is -2.25. The summed E-state index contributed by atoms with van der Waals surface area (Å²) in [5, 5.41) is 4.38. The number of ether oxygens (including phenoxy) is 2. The van der Waals surface area contributed by atoms with E-state index in [1.165, 1.54) is 29.5 Å². The normalized spacial score (nSPS) is 15.1. The predicted octanol–water partition coefficient (Wildman–Crippen LogP) is 3.62. The van der Waals surface area contributed by atoms with Crippen molar-refractivity contribution >= 4 is 39.5 Å². The molecule has 118 valence electrons. The molecule has 0 atom stereocenters. The van der Waals surface area contributed by atoms with Gasteiger partial charge in [0.15, 0.2) is 27.3 Å². The van der Waals surface area contributed by atoms with Gasteiger partial charge in [-0.25, -0.2) is 4.98 Å². The SMILES string of the molecule is O=C(Nc1ccc2c(c1)OC(F)(F)O2)c1c(Cl)nc2sccn12. The first-order valence-electron chi connectivity index (χ1n) is 6.25. The van der Waals surface area contributed by atoms with Crippen molar-refractivity contribution in [2.45, 2.75) is 6.29 Å². The van der Waals surface area contributed by atoms with Crippen LogP contribution in [-0.4, -0.2) is 21.6 Å². The Morgan fingerprint density at radius 2 is 2.13 bits per heavy atom. The first kappa shape index (κ1) is 14.2. The Bertz CT molecular complexity index is 940. The summed E-state index contributed by atoms with van der Waals surface area (Å²) < 4.78 is 36.1. The van der Waals surface area contributed by atoms with Gasteiger partial charge in [-0.3, -0.25) is 9.20 Å².